The summed E-state index contributed by atoms with van der Waals surface area (Å²) in [5.41, 5.74) is 1.64. The van der Waals surface area contributed by atoms with Gasteiger partial charge in [-0.1, -0.05) is 6.07 Å². The molecule has 1 atom stereocenters. The number of phenols is 2. The third-order valence-electron chi connectivity index (χ3n) is 2.80. The number of para-hydroxylation sites is 1. The average molecular weight is 387 g/mol. The lowest BCUT2D eigenvalue weighted by Crippen LogP contribution is -2.07. The fourth-order valence-electron chi connectivity index (χ4n) is 1.83. The van der Waals surface area contributed by atoms with E-state index in [0.717, 1.165) is 20.2 Å². The van der Waals surface area contributed by atoms with E-state index in [2.05, 4.69) is 37.2 Å². The maximum atomic E-state index is 9.85. The summed E-state index contributed by atoms with van der Waals surface area (Å²) in [6, 6.07) is 10.3. The summed E-state index contributed by atoms with van der Waals surface area (Å²) in [5, 5.41) is 22.5. The SMILES string of the molecule is CC(Nc1c(Br)cccc1Br)c1ccc(O)cc1O. The van der Waals surface area contributed by atoms with E-state index in [1.165, 1.54) is 6.07 Å². The molecule has 100 valence electrons. The number of hydrogen-bond donors (Lipinski definition) is 3. The van der Waals surface area contributed by atoms with E-state index in [-0.39, 0.29) is 17.5 Å². The molecule has 2 aromatic carbocycles. The van der Waals surface area contributed by atoms with Crippen molar-refractivity contribution in [1.82, 2.24) is 0 Å². The van der Waals surface area contributed by atoms with Crippen LogP contribution >= 0.6 is 31.9 Å². The van der Waals surface area contributed by atoms with Crippen molar-refractivity contribution >= 4 is 37.5 Å². The number of nitrogens with one attached hydrogen (secondary N) is 1. The molecule has 0 aliphatic heterocycles. The van der Waals surface area contributed by atoms with Gasteiger partial charge in [-0.15, -0.1) is 0 Å². The van der Waals surface area contributed by atoms with Crippen molar-refractivity contribution in [3.05, 3.63) is 50.9 Å². The second-order valence-corrected chi connectivity index (χ2v) is 5.91. The molecule has 0 amide bonds. The third-order valence-corrected chi connectivity index (χ3v) is 4.13. The fraction of sp³-hybridized carbons (Fsp3) is 0.143. The summed E-state index contributed by atoms with van der Waals surface area (Å²) >= 11 is 6.97. The molecule has 0 saturated heterocycles. The Morgan fingerprint density at radius 2 is 1.68 bits per heavy atom. The number of halogens is 2. The zero-order valence-electron chi connectivity index (χ0n) is 10.2. The van der Waals surface area contributed by atoms with Gasteiger partial charge in [0.2, 0.25) is 0 Å². The largest absolute Gasteiger partial charge is 0.508 e. The van der Waals surface area contributed by atoms with E-state index in [1.807, 2.05) is 25.1 Å². The maximum Gasteiger partial charge on any atom is 0.124 e. The van der Waals surface area contributed by atoms with Crippen LogP contribution in [0.1, 0.15) is 18.5 Å². The van der Waals surface area contributed by atoms with E-state index in [4.69, 9.17) is 0 Å². The van der Waals surface area contributed by atoms with E-state index < -0.39 is 0 Å². The fourth-order valence-corrected chi connectivity index (χ4v) is 3.06. The van der Waals surface area contributed by atoms with Crippen molar-refractivity contribution in [2.75, 3.05) is 5.32 Å². The molecule has 5 heteroatoms. The Morgan fingerprint density at radius 3 is 2.26 bits per heavy atom. The highest BCUT2D eigenvalue weighted by Crippen LogP contribution is 2.35. The maximum absolute atomic E-state index is 9.85. The van der Waals surface area contributed by atoms with Gasteiger partial charge in [0.15, 0.2) is 0 Å². The highest BCUT2D eigenvalue weighted by Gasteiger charge is 2.13. The Bertz CT molecular complexity index is 582. The zero-order chi connectivity index (χ0) is 14.0. The molecular formula is C14H13Br2NO2. The van der Waals surface area contributed by atoms with Gasteiger partial charge in [-0.25, -0.2) is 0 Å². The second-order valence-electron chi connectivity index (χ2n) is 4.21. The monoisotopic (exact) mass is 385 g/mol. The summed E-state index contributed by atoms with van der Waals surface area (Å²) < 4.78 is 1.87. The molecule has 0 aliphatic carbocycles. The first-order valence-electron chi connectivity index (χ1n) is 5.71. The minimum absolute atomic E-state index is 0.0514. The number of aromatic hydroxyl groups is 2. The van der Waals surface area contributed by atoms with Gasteiger partial charge in [-0.05, 0) is 63.0 Å². The molecule has 0 saturated carbocycles. The lowest BCUT2D eigenvalue weighted by molar-refractivity contribution is 0.444. The molecule has 3 N–H and O–H groups in total. The standard InChI is InChI=1S/C14H13Br2NO2/c1-8(10-6-5-9(18)7-13(10)19)17-14-11(15)3-2-4-12(14)16/h2-8,17-19H,1H3. The van der Waals surface area contributed by atoms with Crippen LogP contribution in [-0.4, -0.2) is 10.2 Å². The molecule has 0 heterocycles. The molecule has 2 aromatic rings. The number of phenolic OH excluding ortho intramolecular Hbond substituents is 2. The molecule has 2 rings (SSSR count). The summed E-state index contributed by atoms with van der Waals surface area (Å²) in [7, 11) is 0. The van der Waals surface area contributed by atoms with Gasteiger partial charge in [0.1, 0.15) is 11.5 Å². The van der Waals surface area contributed by atoms with Crippen LogP contribution in [0.4, 0.5) is 5.69 Å². The molecule has 0 radical (unpaired) electrons. The van der Waals surface area contributed by atoms with Gasteiger partial charge in [0, 0.05) is 20.6 Å². The smallest absolute Gasteiger partial charge is 0.124 e. The summed E-state index contributed by atoms with van der Waals surface area (Å²) in [6.07, 6.45) is 0. The number of anilines is 1. The predicted octanol–water partition coefficient (Wildman–Crippen LogP) is 4.80. The first kappa shape index (κ1) is 14.2. The second kappa shape index (κ2) is 5.84. The van der Waals surface area contributed by atoms with Crippen molar-refractivity contribution in [2.45, 2.75) is 13.0 Å². The van der Waals surface area contributed by atoms with Crippen LogP contribution in [0.3, 0.4) is 0 Å². The molecule has 1 unspecified atom stereocenters. The van der Waals surface area contributed by atoms with E-state index >= 15 is 0 Å². The highest BCUT2D eigenvalue weighted by molar-refractivity contribution is 9.11. The Balaban J connectivity index is 2.28. The number of rotatable bonds is 3. The van der Waals surface area contributed by atoms with E-state index in [0.29, 0.717) is 0 Å². The Hall–Kier alpha value is -1.20. The van der Waals surface area contributed by atoms with Crippen LogP contribution in [0, 0.1) is 0 Å². The van der Waals surface area contributed by atoms with Gasteiger partial charge in [0.05, 0.1) is 11.7 Å². The summed E-state index contributed by atoms with van der Waals surface area (Å²) in [6.45, 7) is 1.94. The van der Waals surface area contributed by atoms with Crippen LogP contribution in [0.15, 0.2) is 45.3 Å². The summed E-state index contributed by atoms with van der Waals surface area (Å²) in [4.78, 5) is 0. The molecule has 0 spiro atoms. The average Bonchev–Trinajstić information content (AvgIpc) is 2.33. The number of benzene rings is 2. The lowest BCUT2D eigenvalue weighted by atomic mass is 10.1. The highest BCUT2D eigenvalue weighted by atomic mass is 79.9. The molecule has 3 nitrogen and oxygen atoms in total. The lowest BCUT2D eigenvalue weighted by Gasteiger charge is -2.19. The quantitative estimate of drug-likeness (QED) is 0.710. The Labute approximate surface area is 128 Å². The van der Waals surface area contributed by atoms with Crippen LogP contribution < -0.4 is 5.32 Å². The zero-order valence-corrected chi connectivity index (χ0v) is 13.4. The van der Waals surface area contributed by atoms with Crippen molar-refractivity contribution in [2.24, 2.45) is 0 Å². The summed E-state index contributed by atoms with van der Waals surface area (Å²) in [5.74, 6) is 0.124. The van der Waals surface area contributed by atoms with Crippen molar-refractivity contribution in [3.63, 3.8) is 0 Å². The molecule has 0 fully saturated rings. The topological polar surface area (TPSA) is 52.5 Å². The molecule has 0 bridgehead atoms. The van der Waals surface area contributed by atoms with Gasteiger partial charge in [0.25, 0.3) is 0 Å². The van der Waals surface area contributed by atoms with Crippen LogP contribution in [0.5, 0.6) is 11.5 Å². The van der Waals surface area contributed by atoms with Crippen molar-refractivity contribution in [1.29, 1.82) is 0 Å². The van der Waals surface area contributed by atoms with Gasteiger partial charge < -0.3 is 15.5 Å². The Morgan fingerprint density at radius 1 is 1.05 bits per heavy atom. The van der Waals surface area contributed by atoms with Crippen LogP contribution in [0.25, 0.3) is 0 Å². The third kappa shape index (κ3) is 3.22. The first-order valence-corrected chi connectivity index (χ1v) is 7.30. The predicted molar refractivity (Wildman–Crippen MR) is 83.7 cm³/mol. The van der Waals surface area contributed by atoms with Crippen molar-refractivity contribution < 1.29 is 10.2 Å². The number of hydrogen-bond acceptors (Lipinski definition) is 3. The first-order chi connectivity index (χ1) is 8.99. The van der Waals surface area contributed by atoms with Gasteiger partial charge in [-0.3, -0.25) is 0 Å². The minimum atomic E-state index is -0.101. The molecule has 19 heavy (non-hydrogen) atoms. The van der Waals surface area contributed by atoms with Crippen LogP contribution in [-0.2, 0) is 0 Å². The minimum Gasteiger partial charge on any atom is -0.508 e. The Kier molecular flexibility index (Phi) is 4.37. The van der Waals surface area contributed by atoms with Gasteiger partial charge >= 0.3 is 0 Å². The van der Waals surface area contributed by atoms with Crippen LogP contribution in [0.2, 0.25) is 0 Å². The van der Waals surface area contributed by atoms with E-state index in [9.17, 15) is 10.2 Å². The van der Waals surface area contributed by atoms with E-state index in [1.54, 1.807) is 12.1 Å². The molecule has 0 aliphatic rings. The normalized spacial score (nSPS) is 12.2. The van der Waals surface area contributed by atoms with Gasteiger partial charge in [-0.2, -0.15) is 0 Å². The molecular weight excluding hydrogens is 374 g/mol. The molecule has 0 aromatic heterocycles. The van der Waals surface area contributed by atoms with Crippen molar-refractivity contribution in [3.8, 4) is 11.5 Å².